The standard InChI is InChI=1S/C21H26N2O3/c1-2-4-18(5-3-1)23-12-10-22(11-13-23)14-15-24-19-6-8-20(9-7-19)25-16-21-17-26-21/h1-9,21H,10-17H2/t21-/m1/s1. The summed E-state index contributed by atoms with van der Waals surface area (Å²) in [6.07, 6.45) is 0.285. The molecule has 2 aromatic carbocycles. The fraction of sp³-hybridized carbons (Fsp3) is 0.429. The van der Waals surface area contributed by atoms with E-state index in [2.05, 4.69) is 40.1 Å². The molecule has 2 aliphatic rings. The van der Waals surface area contributed by atoms with Crippen molar-refractivity contribution < 1.29 is 14.2 Å². The van der Waals surface area contributed by atoms with E-state index in [0.717, 1.165) is 50.8 Å². The van der Waals surface area contributed by atoms with Crippen LogP contribution in [-0.4, -0.2) is 63.5 Å². The number of rotatable bonds is 8. The Bertz CT molecular complexity index is 665. The summed E-state index contributed by atoms with van der Waals surface area (Å²) in [5, 5.41) is 0. The first-order valence-corrected chi connectivity index (χ1v) is 9.36. The van der Waals surface area contributed by atoms with Crippen LogP contribution in [0.25, 0.3) is 0 Å². The molecule has 26 heavy (non-hydrogen) atoms. The summed E-state index contributed by atoms with van der Waals surface area (Å²) in [6.45, 7) is 7.42. The summed E-state index contributed by atoms with van der Waals surface area (Å²) in [6, 6.07) is 18.5. The highest BCUT2D eigenvalue weighted by Crippen LogP contribution is 2.20. The molecule has 2 heterocycles. The van der Waals surface area contributed by atoms with Crippen LogP contribution in [0.5, 0.6) is 11.5 Å². The van der Waals surface area contributed by atoms with E-state index in [1.165, 1.54) is 5.69 Å². The first-order valence-electron chi connectivity index (χ1n) is 9.36. The summed E-state index contributed by atoms with van der Waals surface area (Å²) in [5.41, 5.74) is 1.32. The molecule has 2 aromatic rings. The number of epoxide rings is 1. The topological polar surface area (TPSA) is 37.5 Å². The van der Waals surface area contributed by atoms with Crippen molar-refractivity contribution in [2.45, 2.75) is 6.10 Å². The maximum absolute atomic E-state index is 5.88. The van der Waals surface area contributed by atoms with Crippen molar-refractivity contribution in [1.82, 2.24) is 4.90 Å². The fourth-order valence-corrected chi connectivity index (χ4v) is 3.15. The molecule has 5 heteroatoms. The zero-order chi connectivity index (χ0) is 17.6. The van der Waals surface area contributed by atoms with E-state index in [9.17, 15) is 0 Å². The molecule has 0 aromatic heterocycles. The molecule has 0 unspecified atom stereocenters. The molecule has 2 saturated heterocycles. The van der Waals surface area contributed by atoms with E-state index < -0.39 is 0 Å². The third-order valence-corrected chi connectivity index (χ3v) is 4.83. The second kappa shape index (κ2) is 8.43. The van der Waals surface area contributed by atoms with Gasteiger partial charge in [-0.1, -0.05) is 18.2 Å². The smallest absolute Gasteiger partial charge is 0.119 e. The SMILES string of the molecule is c1ccc(N2CCN(CCOc3ccc(OC[C@@H]4CO4)cc3)CC2)cc1. The van der Waals surface area contributed by atoms with Gasteiger partial charge in [-0.2, -0.15) is 0 Å². The quantitative estimate of drug-likeness (QED) is 0.682. The number of ether oxygens (including phenoxy) is 3. The van der Waals surface area contributed by atoms with Crippen LogP contribution in [0.4, 0.5) is 5.69 Å². The minimum Gasteiger partial charge on any atom is -0.492 e. The minimum absolute atomic E-state index is 0.285. The zero-order valence-corrected chi connectivity index (χ0v) is 15.0. The van der Waals surface area contributed by atoms with Gasteiger partial charge in [-0.05, 0) is 36.4 Å². The minimum atomic E-state index is 0.285. The van der Waals surface area contributed by atoms with Crippen LogP contribution in [0.15, 0.2) is 54.6 Å². The van der Waals surface area contributed by atoms with E-state index in [-0.39, 0.29) is 6.10 Å². The summed E-state index contributed by atoms with van der Waals surface area (Å²) < 4.78 is 16.7. The van der Waals surface area contributed by atoms with E-state index >= 15 is 0 Å². The zero-order valence-electron chi connectivity index (χ0n) is 15.0. The van der Waals surface area contributed by atoms with Crippen LogP contribution < -0.4 is 14.4 Å². The number of para-hydroxylation sites is 1. The lowest BCUT2D eigenvalue weighted by atomic mass is 10.2. The van der Waals surface area contributed by atoms with E-state index in [0.29, 0.717) is 13.2 Å². The second-order valence-electron chi connectivity index (χ2n) is 6.75. The van der Waals surface area contributed by atoms with Crippen LogP contribution >= 0.6 is 0 Å². The van der Waals surface area contributed by atoms with E-state index in [4.69, 9.17) is 14.2 Å². The predicted octanol–water partition coefficient (Wildman–Crippen LogP) is 2.67. The Kier molecular flexibility index (Phi) is 5.57. The Morgan fingerprint density at radius 1 is 0.846 bits per heavy atom. The molecule has 5 nitrogen and oxygen atoms in total. The third-order valence-electron chi connectivity index (χ3n) is 4.83. The molecule has 2 fully saturated rings. The highest BCUT2D eigenvalue weighted by molar-refractivity contribution is 5.46. The lowest BCUT2D eigenvalue weighted by Gasteiger charge is -2.36. The lowest BCUT2D eigenvalue weighted by molar-refractivity contribution is 0.200. The van der Waals surface area contributed by atoms with Crippen LogP contribution in [-0.2, 0) is 4.74 Å². The van der Waals surface area contributed by atoms with Gasteiger partial charge in [-0.25, -0.2) is 0 Å². The Balaban J connectivity index is 1.15. The Hall–Kier alpha value is -2.24. The van der Waals surface area contributed by atoms with Gasteiger partial charge < -0.3 is 19.1 Å². The second-order valence-corrected chi connectivity index (χ2v) is 6.75. The number of hydrogen-bond acceptors (Lipinski definition) is 5. The maximum Gasteiger partial charge on any atom is 0.119 e. The highest BCUT2D eigenvalue weighted by Gasteiger charge is 2.23. The average Bonchev–Trinajstić information content (AvgIpc) is 3.53. The number of nitrogens with zero attached hydrogens (tertiary/aromatic N) is 2. The summed E-state index contributed by atoms with van der Waals surface area (Å²) >= 11 is 0. The predicted molar refractivity (Wildman–Crippen MR) is 102 cm³/mol. The molecule has 4 rings (SSSR count). The molecule has 1 atom stereocenters. The van der Waals surface area contributed by atoms with Gasteiger partial charge in [0.15, 0.2) is 0 Å². The van der Waals surface area contributed by atoms with Gasteiger partial charge in [0.2, 0.25) is 0 Å². The van der Waals surface area contributed by atoms with Gasteiger partial charge in [0.1, 0.15) is 30.8 Å². The van der Waals surface area contributed by atoms with Crippen molar-refractivity contribution in [3.8, 4) is 11.5 Å². The van der Waals surface area contributed by atoms with Gasteiger partial charge >= 0.3 is 0 Å². The number of benzene rings is 2. The van der Waals surface area contributed by atoms with Crippen molar-refractivity contribution in [3.05, 3.63) is 54.6 Å². The van der Waals surface area contributed by atoms with Crippen LogP contribution in [0.3, 0.4) is 0 Å². The van der Waals surface area contributed by atoms with Gasteiger partial charge in [0.25, 0.3) is 0 Å². The number of piperazine rings is 1. The molecule has 0 radical (unpaired) electrons. The summed E-state index contributed by atoms with van der Waals surface area (Å²) in [7, 11) is 0. The Morgan fingerprint density at radius 2 is 1.50 bits per heavy atom. The van der Waals surface area contributed by atoms with Gasteiger partial charge in [0, 0.05) is 38.4 Å². The number of anilines is 1. The molecular weight excluding hydrogens is 328 g/mol. The molecule has 0 amide bonds. The van der Waals surface area contributed by atoms with Crippen molar-refractivity contribution in [1.29, 1.82) is 0 Å². The summed E-state index contributed by atoms with van der Waals surface area (Å²) in [5.74, 6) is 1.76. The van der Waals surface area contributed by atoms with Crippen molar-refractivity contribution in [3.63, 3.8) is 0 Å². The van der Waals surface area contributed by atoms with Crippen LogP contribution in [0, 0.1) is 0 Å². The monoisotopic (exact) mass is 354 g/mol. The maximum atomic E-state index is 5.88. The molecule has 2 aliphatic heterocycles. The molecular formula is C21H26N2O3. The third kappa shape index (κ3) is 4.90. The molecule has 138 valence electrons. The van der Waals surface area contributed by atoms with E-state index in [1.807, 2.05) is 24.3 Å². The van der Waals surface area contributed by atoms with Gasteiger partial charge in [-0.3, -0.25) is 4.90 Å². The lowest BCUT2D eigenvalue weighted by Crippen LogP contribution is -2.47. The van der Waals surface area contributed by atoms with Gasteiger partial charge in [-0.15, -0.1) is 0 Å². The normalized spacial score (nSPS) is 20.0. The molecule has 0 aliphatic carbocycles. The molecule has 0 saturated carbocycles. The molecule has 0 bridgehead atoms. The Labute approximate surface area is 155 Å². The highest BCUT2D eigenvalue weighted by atomic mass is 16.6. The number of hydrogen-bond donors (Lipinski definition) is 0. The van der Waals surface area contributed by atoms with E-state index in [1.54, 1.807) is 0 Å². The van der Waals surface area contributed by atoms with Gasteiger partial charge in [0.05, 0.1) is 6.61 Å². The first kappa shape index (κ1) is 17.2. The molecule has 0 N–H and O–H groups in total. The fourth-order valence-electron chi connectivity index (χ4n) is 3.15. The average molecular weight is 354 g/mol. The van der Waals surface area contributed by atoms with Crippen molar-refractivity contribution in [2.75, 3.05) is 57.4 Å². The summed E-state index contributed by atoms with van der Waals surface area (Å²) in [4.78, 5) is 4.91. The Morgan fingerprint density at radius 3 is 2.15 bits per heavy atom. The van der Waals surface area contributed by atoms with Crippen LogP contribution in [0.1, 0.15) is 0 Å². The van der Waals surface area contributed by atoms with Crippen molar-refractivity contribution >= 4 is 5.69 Å². The van der Waals surface area contributed by atoms with Crippen LogP contribution in [0.2, 0.25) is 0 Å². The first-order chi connectivity index (χ1) is 12.9. The largest absolute Gasteiger partial charge is 0.492 e. The van der Waals surface area contributed by atoms with Crippen molar-refractivity contribution in [2.24, 2.45) is 0 Å². The molecule has 0 spiro atoms.